The Bertz CT molecular complexity index is 244. The summed E-state index contributed by atoms with van der Waals surface area (Å²) in [7, 11) is 0. The second-order valence-corrected chi connectivity index (χ2v) is 4.97. The number of rotatable bonds is 6. The van der Waals surface area contributed by atoms with Gasteiger partial charge in [0.25, 0.3) is 0 Å². The second kappa shape index (κ2) is 6.05. The third-order valence-electron chi connectivity index (χ3n) is 1.52. The summed E-state index contributed by atoms with van der Waals surface area (Å²) in [6.45, 7) is 0. The molecule has 0 spiro atoms. The van der Waals surface area contributed by atoms with Crippen molar-refractivity contribution in [1.82, 2.24) is 0 Å². The summed E-state index contributed by atoms with van der Waals surface area (Å²) in [5.41, 5.74) is 0. The molecule has 0 aromatic carbocycles. The maximum absolute atomic E-state index is 10.2. The van der Waals surface area contributed by atoms with Gasteiger partial charge in [-0.25, -0.2) is 0 Å². The average Bonchev–Trinajstić information content (AvgIpc) is 2.55. The van der Waals surface area contributed by atoms with Gasteiger partial charge in [-0.2, -0.15) is 0 Å². The van der Waals surface area contributed by atoms with Crippen LogP contribution in [0.25, 0.3) is 0 Å². The van der Waals surface area contributed by atoms with Gasteiger partial charge in [0.05, 0.1) is 4.21 Å². The molecule has 13 heavy (non-hydrogen) atoms. The fourth-order valence-corrected chi connectivity index (χ4v) is 2.76. The molecule has 0 amide bonds. The molecular formula is C9H12O2S2. The van der Waals surface area contributed by atoms with Crippen molar-refractivity contribution < 1.29 is 9.90 Å². The van der Waals surface area contributed by atoms with E-state index < -0.39 is 5.97 Å². The van der Waals surface area contributed by atoms with E-state index in [4.69, 9.17) is 5.11 Å². The second-order valence-electron chi connectivity index (χ2n) is 2.63. The van der Waals surface area contributed by atoms with E-state index in [-0.39, 0.29) is 0 Å². The summed E-state index contributed by atoms with van der Waals surface area (Å²) in [4.78, 5) is 10.2. The van der Waals surface area contributed by atoms with Gasteiger partial charge in [0.15, 0.2) is 0 Å². The number of hydrogen-bond donors (Lipinski definition) is 1. The highest BCUT2D eigenvalue weighted by Gasteiger charge is 1.97. The first kappa shape index (κ1) is 10.6. The smallest absolute Gasteiger partial charge is 0.303 e. The number of thioether (sulfide) groups is 1. The summed E-state index contributed by atoms with van der Waals surface area (Å²) >= 11 is 3.54. The molecule has 0 radical (unpaired) electrons. The molecule has 0 saturated heterocycles. The SMILES string of the molecule is O=C(O)CCCCSc1cccs1. The van der Waals surface area contributed by atoms with Crippen LogP contribution in [0.4, 0.5) is 0 Å². The van der Waals surface area contributed by atoms with Crippen LogP contribution in [0, 0.1) is 0 Å². The van der Waals surface area contributed by atoms with Gasteiger partial charge >= 0.3 is 5.97 Å². The summed E-state index contributed by atoms with van der Waals surface area (Å²) in [5.74, 6) is 0.328. The molecule has 1 aromatic rings. The molecule has 1 N–H and O–H groups in total. The summed E-state index contributed by atoms with van der Waals surface area (Å²) < 4.78 is 1.32. The molecule has 0 saturated carbocycles. The van der Waals surface area contributed by atoms with E-state index in [0.717, 1.165) is 18.6 Å². The molecule has 0 bridgehead atoms. The van der Waals surface area contributed by atoms with Crippen molar-refractivity contribution in [2.75, 3.05) is 5.75 Å². The maximum Gasteiger partial charge on any atom is 0.303 e. The Labute approximate surface area is 86.0 Å². The molecule has 0 aliphatic carbocycles. The standard InChI is InChI=1S/C9H12O2S2/c10-8(11)4-1-2-6-12-9-5-3-7-13-9/h3,5,7H,1-2,4,6H2,(H,10,11). The molecule has 1 aromatic heterocycles. The lowest BCUT2D eigenvalue weighted by Crippen LogP contribution is -1.93. The number of carboxylic acid groups (broad SMARTS) is 1. The lowest BCUT2D eigenvalue weighted by atomic mass is 10.3. The zero-order chi connectivity index (χ0) is 9.52. The molecule has 0 aliphatic heterocycles. The third kappa shape index (κ3) is 4.95. The van der Waals surface area contributed by atoms with Gasteiger partial charge in [0.1, 0.15) is 0 Å². The van der Waals surface area contributed by atoms with Gasteiger partial charge in [0.2, 0.25) is 0 Å². The van der Waals surface area contributed by atoms with Crippen LogP contribution in [0.2, 0.25) is 0 Å². The van der Waals surface area contributed by atoms with Crippen LogP contribution < -0.4 is 0 Å². The van der Waals surface area contributed by atoms with Crippen LogP contribution >= 0.6 is 23.1 Å². The number of carboxylic acids is 1. The minimum absolute atomic E-state index is 0.297. The van der Waals surface area contributed by atoms with Gasteiger partial charge in [-0.15, -0.1) is 23.1 Å². The predicted molar refractivity (Wildman–Crippen MR) is 56.5 cm³/mol. The van der Waals surface area contributed by atoms with E-state index in [0.29, 0.717) is 6.42 Å². The van der Waals surface area contributed by atoms with Crippen LogP contribution in [0.1, 0.15) is 19.3 Å². The maximum atomic E-state index is 10.2. The number of unbranched alkanes of at least 4 members (excludes halogenated alkanes) is 1. The number of aliphatic carboxylic acids is 1. The minimum Gasteiger partial charge on any atom is -0.481 e. The van der Waals surface area contributed by atoms with Crippen molar-refractivity contribution in [3.05, 3.63) is 17.5 Å². The highest BCUT2D eigenvalue weighted by atomic mass is 32.2. The van der Waals surface area contributed by atoms with Gasteiger partial charge < -0.3 is 5.11 Å². The van der Waals surface area contributed by atoms with E-state index in [1.54, 1.807) is 23.1 Å². The molecule has 72 valence electrons. The Balaban J connectivity index is 1.99. The quantitative estimate of drug-likeness (QED) is 0.586. The van der Waals surface area contributed by atoms with Gasteiger partial charge in [0, 0.05) is 6.42 Å². The van der Waals surface area contributed by atoms with E-state index in [9.17, 15) is 4.79 Å². The normalized spacial score (nSPS) is 10.2. The molecular weight excluding hydrogens is 204 g/mol. The van der Waals surface area contributed by atoms with Crippen molar-refractivity contribution >= 4 is 29.1 Å². The van der Waals surface area contributed by atoms with Crippen LogP contribution in [-0.2, 0) is 4.79 Å². The molecule has 1 rings (SSSR count). The lowest BCUT2D eigenvalue weighted by molar-refractivity contribution is -0.137. The predicted octanol–water partition coefficient (Wildman–Crippen LogP) is 3.10. The average molecular weight is 216 g/mol. The van der Waals surface area contributed by atoms with Gasteiger partial charge in [-0.1, -0.05) is 6.07 Å². The van der Waals surface area contributed by atoms with Crippen molar-refractivity contribution in [2.24, 2.45) is 0 Å². The van der Waals surface area contributed by atoms with Crippen molar-refractivity contribution in [3.8, 4) is 0 Å². The summed E-state index contributed by atoms with van der Waals surface area (Å²) in [5, 5.41) is 10.4. The Hall–Kier alpha value is -0.480. The molecule has 1 heterocycles. The minimum atomic E-state index is -0.693. The first-order valence-electron chi connectivity index (χ1n) is 4.17. The van der Waals surface area contributed by atoms with E-state index in [1.165, 1.54) is 4.21 Å². The Morgan fingerprint density at radius 1 is 1.54 bits per heavy atom. The van der Waals surface area contributed by atoms with Gasteiger partial charge in [-0.3, -0.25) is 4.79 Å². The van der Waals surface area contributed by atoms with Crippen LogP contribution in [0.15, 0.2) is 21.7 Å². The topological polar surface area (TPSA) is 37.3 Å². The fraction of sp³-hybridized carbons (Fsp3) is 0.444. The highest BCUT2D eigenvalue weighted by molar-refractivity contribution is 8.01. The zero-order valence-electron chi connectivity index (χ0n) is 7.23. The molecule has 0 unspecified atom stereocenters. The number of thiophene rings is 1. The molecule has 0 fully saturated rings. The van der Waals surface area contributed by atoms with Crippen molar-refractivity contribution in [1.29, 1.82) is 0 Å². The fourth-order valence-electron chi connectivity index (χ4n) is 0.897. The number of carbonyl (C=O) groups is 1. The lowest BCUT2D eigenvalue weighted by Gasteiger charge is -1.96. The molecule has 0 atom stereocenters. The summed E-state index contributed by atoms with van der Waals surface area (Å²) in [6.07, 6.45) is 2.06. The third-order valence-corrected chi connectivity index (χ3v) is 3.74. The van der Waals surface area contributed by atoms with Gasteiger partial charge in [-0.05, 0) is 30.0 Å². The molecule has 4 heteroatoms. The Morgan fingerprint density at radius 3 is 3.00 bits per heavy atom. The first-order valence-corrected chi connectivity index (χ1v) is 6.03. The highest BCUT2D eigenvalue weighted by Crippen LogP contribution is 2.24. The van der Waals surface area contributed by atoms with E-state index in [1.807, 2.05) is 6.07 Å². The van der Waals surface area contributed by atoms with E-state index >= 15 is 0 Å². The van der Waals surface area contributed by atoms with Crippen LogP contribution in [0.5, 0.6) is 0 Å². The molecule has 0 aliphatic rings. The monoisotopic (exact) mass is 216 g/mol. The zero-order valence-corrected chi connectivity index (χ0v) is 8.87. The van der Waals surface area contributed by atoms with Crippen LogP contribution in [-0.4, -0.2) is 16.8 Å². The summed E-state index contributed by atoms with van der Waals surface area (Å²) in [6, 6.07) is 4.12. The number of hydrogen-bond acceptors (Lipinski definition) is 3. The largest absolute Gasteiger partial charge is 0.481 e. The van der Waals surface area contributed by atoms with E-state index in [2.05, 4.69) is 11.4 Å². The van der Waals surface area contributed by atoms with Crippen molar-refractivity contribution in [3.63, 3.8) is 0 Å². The van der Waals surface area contributed by atoms with Crippen LogP contribution in [0.3, 0.4) is 0 Å². The Morgan fingerprint density at radius 2 is 2.38 bits per heavy atom. The molecule has 2 nitrogen and oxygen atoms in total. The van der Waals surface area contributed by atoms with Crippen molar-refractivity contribution in [2.45, 2.75) is 23.5 Å². The Kier molecular flexibility index (Phi) is 4.93. The first-order chi connectivity index (χ1) is 6.29.